The minimum absolute atomic E-state index is 0.502. The SMILES string of the molecule is COC[C@H]1CCCN1[C@@H](C[C@H](C)[C]1[CH][CH][CH][CH]1)[C]1[CH][CH][CH][CH]1. The highest BCUT2D eigenvalue weighted by atomic mass is 16.5. The molecule has 1 aliphatic heterocycles. The lowest BCUT2D eigenvalue weighted by Gasteiger charge is -2.38. The summed E-state index contributed by atoms with van der Waals surface area (Å²) in [6.07, 6.45) is 21.4. The molecule has 1 heterocycles. The quantitative estimate of drug-likeness (QED) is 0.715. The van der Waals surface area contributed by atoms with Crippen LogP contribution in [0.15, 0.2) is 0 Å². The van der Waals surface area contributed by atoms with Crippen LogP contribution in [0.4, 0.5) is 0 Å². The van der Waals surface area contributed by atoms with Crippen molar-refractivity contribution in [3.8, 4) is 0 Å². The summed E-state index contributed by atoms with van der Waals surface area (Å²) in [5, 5.41) is 0. The third-order valence-electron chi connectivity index (χ3n) is 5.09. The monoisotopic (exact) mass is 297 g/mol. The Hall–Kier alpha value is -0.0800. The minimum atomic E-state index is 0.502. The van der Waals surface area contributed by atoms with Gasteiger partial charge in [0, 0.05) is 25.1 Å². The summed E-state index contributed by atoms with van der Waals surface area (Å²) in [7, 11) is 1.82. The van der Waals surface area contributed by atoms with E-state index in [4.69, 9.17) is 4.74 Å². The molecule has 1 saturated heterocycles. The zero-order chi connectivity index (χ0) is 15.4. The molecule has 0 unspecified atom stereocenters. The Balaban J connectivity index is 1.66. The standard InChI is InChI=1S/C20H27NO/c1-16(17-8-3-4-9-17)14-20(18-10-5-6-11-18)21-13-7-12-19(21)15-22-2/h3-6,8-11,16,19-20H,7,12-15H2,1-2H3/t16-,19+,20-/m0/s1. The lowest BCUT2D eigenvalue weighted by atomic mass is 9.82. The first-order chi connectivity index (χ1) is 10.8. The third kappa shape index (κ3) is 3.87. The topological polar surface area (TPSA) is 12.5 Å². The molecule has 0 aromatic heterocycles. The number of methoxy groups -OCH3 is 1. The summed E-state index contributed by atoms with van der Waals surface area (Å²) in [5.41, 5.74) is 0. The number of likely N-dealkylation sites (tertiary alicyclic amines) is 1. The van der Waals surface area contributed by atoms with Gasteiger partial charge in [-0.3, -0.25) is 4.90 Å². The van der Waals surface area contributed by atoms with Crippen LogP contribution in [0, 0.1) is 69.1 Å². The van der Waals surface area contributed by atoms with Crippen LogP contribution in [0.5, 0.6) is 0 Å². The second-order valence-electron chi connectivity index (χ2n) is 6.58. The molecule has 0 N–H and O–H groups in total. The van der Waals surface area contributed by atoms with E-state index < -0.39 is 0 Å². The Morgan fingerprint density at radius 2 is 1.73 bits per heavy atom. The second kappa shape index (κ2) is 8.15. The summed E-state index contributed by atoms with van der Waals surface area (Å²) in [6.45, 7) is 4.40. The van der Waals surface area contributed by atoms with Crippen molar-refractivity contribution in [3.05, 3.63) is 63.2 Å². The van der Waals surface area contributed by atoms with E-state index in [2.05, 4.69) is 63.2 Å². The number of hydrogen-bond donors (Lipinski definition) is 0. The van der Waals surface area contributed by atoms with E-state index in [1.807, 2.05) is 7.11 Å². The molecule has 2 heteroatoms. The van der Waals surface area contributed by atoms with Crippen molar-refractivity contribution in [2.45, 2.75) is 38.3 Å². The highest BCUT2D eigenvalue weighted by Gasteiger charge is 2.38. The van der Waals surface area contributed by atoms with E-state index in [0.29, 0.717) is 18.0 Å². The molecule has 0 bridgehead atoms. The van der Waals surface area contributed by atoms with Gasteiger partial charge in [0.1, 0.15) is 0 Å². The molecule has 0 aromatic carbocycles. The van der Waals surface area contributed by atoms with Crippen LogP contribution in [-0.2, 0) is 4.74 Å². The summed E-state index contributed by atoms with van der Waals surface area (Å²) in [6, 6.07) is 1.07. The van der Waals surface area contributed by atoms with Gasteiger partial charge in [0.15, 0.2) is 0 Å². The first-order valence-corrected chi connectivity index (χ1v) is 8.47. The maximum atomic E-state index is 5.46. The normalized spacial score (nSPS) is 31.1. The van der Waals surface area contributed by atoms with Gasteiger partial charge in [-0.05, 0) is 89.0 Å². The molecule has 3 atom stereocenters. The van der Waals surface area contributed by atoms with Gasteiger partial charge in [0.25, 0.3) is 0 Å². The highest BCUT2D eigenvalue weighted by molar-refractivity contribution is 5.40. The largest absolute Gasteiger partial charge is 0.383 e. The van der Waals surface area contributed by atoms with Crippen LogP contribution in [0.2, 0.25) is 0 Å². The van der Waals surface area contributed by atoms with Crippen molar-refractivity contribution in [1.29, 1.82) is 0 Å². The van der Waals surface area contributed by atoms with Gasteiger partial charge in [-0.15, -0.1) is 0 Å². The molecular formula is C20H27NO. The summed E-state index contributed by atoms with van der Waals surface area (Å²) < 4.78 is 5.46. The van der Waals surface area contributed by atoms with Gasteiger partial charge in [-0.25, -0.2) is 0 Å². The van der Waals surface area contributed by atoms with E-state index >= 15 is 0 Å². The van der Waals surface area contributed by atoms with Crippen molar-refractivity contribution in [2.75, 3.05) is 20.3 Å². The van der Waals surface area contributed by atoms with Crippen molar-refractivity contribution in [1.82, 2.24) is 4.90 Å². The third-order valence-corrected chi connectivity index (χ3v) is 5.09. The average molecular weight is 297 g/mol. The number of nitrogens with zero attached hydrogens (tertiary/aromatic N) is 1. The first-order valence-electron chi connectivity index (χ1n) is 8.47. The predicted octanol–water partition coefficient (Wildman–Crippen LogP) is 3.30. The van der Waals surface area contributed by atoms with Gasteiger partial charge in [0.05, 0.1) is 6.61 Å². The van der Waals surface area contributed by atoms with Crippen LogP contribution in [0.25, 0.3) is 0 Å². The van der Waals surface area contributed by atoms with E-state index in [9.17, 15) is 0 Å². The van der Waals surface area contributed by atoms with Gasteiger partial charge >= 0.3 is 0 Å². The van der Waals surface area contributed by atoms with Crippen LogP contribution in [0.1, 0.15) is 26.2 Å². The molecule has 22 heavy (non-hydrogen) atoms. The molecule has 0 aromatic rings. The molecular weight excluding hydrogens is 270 g/mol. The van der Waals surface area contributed by atoms with Crippen molar-refractivity contribution in [3.63, 3.8) is 0 Å². The molecule has 0 amide bonds. The van der Waals surface area contributed by atoms with Gasteiger partial charge < -0.3 is 4.74 Å². The van der Waals surface area contributed by atoms with E-state index in [-0.39, 0.29) is 0 Å². The zero-order valence-electron chi connectivity index (χ0n) is 13.7. The van der Waals surface area contributed by atoms with Crippen molar-refractivity contribution >= 4 is 0 Å². The van der Waals surface area contributed by atoms with Crippen LogP contribution in [-0.4, -0.2) is 37.2 Å². The number of ether oxygens (including phenoxy) is 1. The van der Waals surface area contributed by atoms with E-state index in [1.165, 1.54) is 37.6 Å². The fourth-order valence-electron chi connectivity index (χ4n) is 3.90. The first kappa shape index (κ1) is 16.8. The second-order valence-corrected chi connectivity index (χ2v) is 6.58. The Morgan fingerprint density at radius 1 is 1.09 bits per heavy atom. The maximum Gasteiger partial charge on any atom is 0.0618 e. The Bertz CT molecular complexity index is 320. The average Bonchev–Trinajstić information content (AvgIpc) is 3.26. The van der Waals surface area contributed by atoms with Gasteiger partial charge in [-0.1, -0.05) is 6.92 Å². The van der Waals surface area contributed by atoms with E-state index in [1.54, 1.807) is 0 Å². The van der Waals surface area contributed by atoms with Crippen LogP contribution in [0.3, 0.4) is 0 Å². The minimum Gasteiger partial charge on any atom is -0.383 e. The van der Waals surface area contributed by atoms with Gasteiger partial charge in [-0.2, -0.15) is 0 Å². The molecule has 3 rings (SSSR count). The number of hydrogen-bond acceptors (Lipinski definition) is 2. The van der Waals surface area contributed by atoms with Crippen molar-refractivity contribution < 1.29 is 4.74 Å². The molecule has 3 aliphatic rings. The van der Waals surface area contributed by atoms with E-state index in [0.717, 1.165) is 6.61 Å². The molecule has 2 aliphatic carbocycles. The smallest absolute Gasteiger partial charge is 0.0618 e. The summed E-state index contributed by atoms with van der Waals surface area (Å²) in [5.74, 6) is 3.50. The van der Waals surface area contributed by atoms with Crippen LogP contribution < -0.4 is 0 Å². The lowest BCUT2D eigenvalue weighted by Crippen LogP contribution is -2.45. The molecule has 10 radical (unpaired) electrons. The molecule has 2 nitrogen and oxygen atoms in total. The molecule has 118 valence electrons. The Morgan fingerprint density at radius 3 is 2.36 bits per heavy atom. The lowest BCUT2D eigenvalue weighted by molar-refractivity contribution is 0.0879. The van der Waals surface area contributed by atoms with Crippen LogP contribution >= 0.6 is 0 Å². The highest BCUT2D eigenvalue weighted by Crippen LogP contribution is 2.40. The molecule has 2 saturated carbocycles. The number of rotatable bonds is 7. The molecule has 3 fully saturated rings. The fourth-order valence-corrected chi connectivity index (χ4v) is 3.90. The van der Waals surface area contributed by atoms with Gasteiger partial charge in [0.2, 0.25) is 0 Å². The summed E-state index contributed by atoms with van der Waals surface area (Å²) >= 11 is 0. The van der Waals surface area contributed by atoms with Crippen molar-refractivity contribution in [2.24, 2.45) is 5.92 Å². The predicted molar refractivity (Wildman–Crippen MR) is 90.1 cm³/mol. The summed E-state index contributed by atoms with van der Waals surface area (Å²) in [4.78, 5) is 2.68. The fraction of sp³-hybridized carbons (Fsp3) is 0.500. The Kier molecular flexibility index (Phi) is 6.21. The zero-order valence-corrected chi connectivity index (χ0v) is 13.7. The maximum absolute atomic E-state index is 5.46. The molecule has 0 spiro atoms. The Labute approximate surface area is 138 Å².